The van der Waals surface area contributed by atoms with Gasteiger partial charge in [-0.3, -0.25) is 0 Å². The van der Waals surface area contributed by atoms with E-state index in [0.29, 0.717) is 16.9 Å². The fraction of sp³-hybridized carbons (Fsp3) is 1.00. The Morgan fingerprint density at radius 3 is 2.43 bits per heavy atom. The molecule has 3 N–H and O–H groups in total. The molecule has 0 heterocycles. The van der Waals surface area contributed by atoms with E-state index in [1.807, 2.05) is 0 Å². The summed E-state index contributed by atoms with van der Waals surface area (Å²) < 4.78 is 0. The quantitative estimate of drug-likeness (QED) is 0.720. The van der Waals surface area contributed by atoms with E-state index in [9.17, 15) is 0 Å². The normalized spacial score (nSPS) is 40.1. The van der Waals surface area contributed by atoms with Crippen LogP contribution in [0.3, 0.4) is 0 Å². The van der Waals surface area contributed by atoms with Gasteiger partial charge in [-0.2, -0.15) is 0 Å². The average Bonchev–Trinajstić information content (AvgIpc) is 2.75. The van der Waals surface area contributed by atoms with E-state index in [4.69, 9.17) is 5.73 Å². The minimum absolute atomic E-state index is 0.366. The Hall–Kier alpha value is -0.0800. The molecule has 0 radical (unpaired) electrons. The standard InChI is InChI=1S/C12H24N2/c1-11(6-7-11)8-14-9-12(2)5-3-4-10(12)13/h10,14H,3-9,13H2,1-2H3. The zero-order valence-corrected chi connectivity index (χ0v) is 9.60. The lowest BCUT2D eigenvalue weighted by molar-refractivity contribution is 0.270. The van der Waals surface area contributed by atoms with Crippen molar-refractivity contribution in [2.24, 2.45) is 16.6 Å². The third-order valence-corrected chi connectivity index (χ3v) is 4.34. The lowest BCUT2D eigenvalue weighted by Gasteiger charge is -2.30. The highest BCUT2D eigenvalue weighted by Gasteiger charge is 2.39. The second kappa shape index (κ2) is 3.49. The highest BCUT2D eigenvalue weighted by Crippen LogP contribution is 2.44. The lowest BCUT2D eigenvalue weighted by Crippen LogP contribution is -2.43. The maximum Gasteiger partial charge on any atom is 0.0105 e. The molecule has 0 bridgehead atoms. The summed E-state index contributed by atoms with van der Waals surface area (Å²) in [6.07, 6.45) is 6.65. The first-order chi connectivity index (χ1) is 6.54. The Balaban J connectivity index is 1.73. The second-order valence-electron chi connectivity index (χ2n) is 6.07. The van der Waals surface area contributed by atoms with Gasteiger partial charge < -0.3 is 11.1 Å². The molecule has 0 aromatic carbocycles. The smallest absolute Gasteiger partial charge is 0.0105 e. The molecule has 2 fully saturated rings. The van der Waals surface area contributed by atoms with Gasteiger partial charge >= 0.3 is 0 Å². The van der Waals surface area contributed by atoms with Gasteiger partial charge in [0, 0.05) is 19.1 Å². The number of nitrogens with one attached hydrogen (secondary N) is 1. The first-order valence-electron chi connectivity index (χ1n) is 6.01. The second-order valence-corrected chi connectivity index (χ2v) is 6.07. The van der Waals surface area contributed by atoms with Crippen molar-refractivity contribution in [1.29, 1.82) is 0 Å². The van der Waals surface area contributed by atoms with E-state index in [1.165, 1.54) is 38.6 Å². The number of nitrogens with two attached hydrogens (primary N) is 1. The van der Waals surface area contributed by atoms with Crippen LogP contribution in [0, 0.1) is 10.8 Å². The first kappa shape index (κ1) is 10.4. The minimum atomic E-state index is 0.366. The summed E-state index contributed by atoms with van der Waals surface area (Å²) >= 11 is 0. The van der Waals surface area contributed by atoms with E-state index >= 15 is 0 Å². The molecule has 2 unspecified atom stereocenters. The summed E-state index contributed by atoms with van der Waals surface area (Å²) in [5.74, 6) is 0. The van der Waals surface area contributed by atoms with E-state index < -0.39 is 0 Å². The Bertz CT molecular complexity index is 210. The first-order valence-corrected chi connectivity index (χ1v) is 6.01. The SMILES string of the molecule is CC1(CNCC2(C)CCCC2N)CC1. The molecule has 2 aliphatic carbocycles. The zero-order chi connectivity index (χ0) is 10.2. The van der Waals surface area contributed by atoms with Gasteiger partial charge in [-0.05, 0) is 36.5 Å². The third kappa shape index (κ3) is 2.12. The van der Waals surface area contributed by atoms with Gasteiger partial charge in [0.2, 0.25) is 0 Å². The minimum Gasteiger partial charge on any atom is -0.327 e. The molecule has 2 atom stereocenters. The fourth-order valence-corrected chi connectivity index (χ4v) is 2.52. The molecule has 0 spiro atoms. The van der Waals surface area contributed by atoms with Crippen LogP contribution in [0.2, 0.25) is 0 Å². The summed E-state index contributed by atoms with van der Waals surface area (Å²) in [5.41, 5.74) is 7.13. The molecule has 82 valence electrons. The van der Waals surface area contributed by atoms with Crippen molar-refractivity contribution in [2.45, 2.75) is 52.0 Å². The van der Waals surface area contributed by atoms with Crippen molar-refractivity contribution in [2.75, 3.05) is 13.1 Å². The highest BCUT2D eigenvalue weighted by molar-refractivity contribution is 4.95. The summed E-state index contributed by atoms with van der Waals surface area (Å²) in [6, 6.07) is 0.419. The van der Waals surface area contributed by atoms with E-state index in [1.54, 1.807) is 0 Å². The molecule has 0 aromatic heterocycles. The highest BCUT2D eigenvalue weighted by atomic mass is 14.9. The Morgan fingerprint density at radius 2 is 1.93 bits per heavy atom. The summed E-state index contributed by atoms with van der Waals surface area (Å²) in [4.78, 5) is 0. The Morgan fingerprint density at radius 1 is 1.21 bits per heavy atom. The largest absolute Gasteiger partial charge is 0.327 e. The lowest BCUT2D eigenvalue weighted by atomic mass is 9.85. The molecular weight excluding hydrogens is 172 g/mol. The molecule has 2 saturated carbocycles. The van der Waals surface area contributed by atoms with Crippen LogP contribution in [0.15, 0.2) is 0 Å². The maximum absolute atomic E-state index is 6.14. The topological polar surface area (TPSA) is 38.0 Å². The summed E-state index contributed by atoms with van der Waals surface area (Å²) in [6.45, 7) is 7.02. The number of hydrogen-bond donors (Lipinski definition) is 2. The van der Waals surface area contributed by atoms with Crippen molar-refractivity contribution < 1.29 is 0 Å². The fourth-order valence-electron chi connectivity index (χ4n) is 2.52. The third-order valence-electron chi connectivity index (χ3n) is 4.34. The van der Waals surface area contributed by atoms with Crippen LogP contribution in [-0.4, -0.2) is 19.1 Å². The predicted molar refractivity (Wildman–Crippen MR) is 60.1 cm³/mol. The van der Waals surface area contributed by atoms with Gasteiger partial charge in [-0.15, -0.1) is 0 Å². The van der Waals surface area contributed by atoms with Crippen LogP contribution >= 0.6 is 0 Å². The van der Waals surface area contributed by atoms with Gasteiger partial charge in [0.25, 0.3) is 0 Å². The van der Waals surface area contributed by atoms with Crippen molar-refractivity contribution in [3.63, 3.8) is 0 Å². The zero-order valence-electron chi connectivity index (χ0n) is 9.60. The molecule has 2 rings (SSSR count). The van der Waals surface area contributed by atoms with Gasteiger partial charge in [0.15, 0.2) is 0 Å². The number of hydrogen-bond acceptors (Lipinski definition) is 2. The molecular formula is C12H24N2. The van der Waals surface area contributed by atoms with E-state index in [2.05, 4.69) is 19.2 Å². The van der Waals surface area contributed by atoms with Gasteiger partial charge in [-0.1, -0.05) is 20.3 Å². The molecule has 0 aromatic rings. The molecule has 2 heteroatoms. The molecule has 0 saturated heterocycles. The van der Waals surface area contributed by atoms with Crippen LogP contribution in [0.4, 0.5) is 0 Å². The number of rotatable bonds is 4. The van der Waals surface area contributed by atoms with Crippen LogP contribution in [0.25, 0.3) is 0 Å². The van der Waals surface area contributed by atoms with Crippen molar-refractivity contribution >= 4 is 0 Å². The van der Waals surface area contributed by atoms with Gasteiger partial charge in [0.05, 0.1) is 0 Å². The van der Waals surface area contributed by atoms with Crippen LogP contribution < -0.4 is 11.1 Å². The van der Waals surface area contributed by atoms with Crippen LogP contribution in [0.5, 0.6) is 0 Å². The van der Waals surface area contributed by atoms with Crippen LogP contribution in [0.1, 0.15) is 46.0 Å². The average molecular weight is 196 g/mol. The van der Waals surface area contributed by atoms with Crippen molar-refractivity contribution in [3.05, 3.63) is 0 Å². The summed E-state index contributed by atoms with van der Waals surface area (Å²) in [7, 11) is 0. The molecule has 0 aliphatic heterocycles. The van der Waals surface area contributed by atoms with Crippen molar-refractivity contribution in [3.8, 4) is 0 Å². The molecule has 2 nitrogen and oxygen atoms in total. The molecule has 0 amide bonds. The Kier molecular flexibility index (Phi) is 2.61. The summed E-state index contributed by atoms with van der Waals surface area (Å²) in [5, 5.41) is 3.62. The predicted octanol–water partition coefficient (Wildman–Crippen LogP) is 1.89. The Labute approximate surface area is 87.6 Å². The maximum atomic E-state index is 6.14. The molecule has 2 aliphatic rings. The van der Waals surface area contributed by atoms with E-state index in [0.717, 1.165) is 6.54 Å². The van der Waals surface area contributed by atoms with Crippen molar-refractivity contribution in [1.82, 2.24) is 5.32 Å². The van der Waals surface area contributed by atoms with Gasteiger partial charge in [-0.25, -0.2) is 0 Å². The van der Waals surface area contributed by atoms with Gasteiger partial charge in [0.1, 0.15) is 0 Å². The van der Waals surface area contributed by atoms with Crippen LogP contribution in [-0.2, 0) is 0 Å². The van der Waals surface area contributed by atoms with E-state index in [-0.39, 0.29) is 0 Å². The monoisotopic (exact) mass is 196 g/mol. The molecule has 14 heavy (non-hydrogen) atoms.